The van der Waals surface area contributed by atoms with E-state index in [1.807, 2.05) is 19.0 Å². The van der Waals surface area contributed by atoms with E-state index in [-0.39, 0.29) is 0 Å². The summed E-state index contributed by atoms with van der Waals surface area (Å²) in [7, 11) is 4.04. The Morgan fingerprint density at radius 1 is 1.31 bits per heavy atom. The van der Waals surface area contributed by atoms with Gasteiger partial charge >= 0.3 is 0 Å². The first-order valence-electron chi connectivity index (χ1n) is 4.21. The Balaban J connectivity index is 2.62. The molecule has 13 heavy (non-hydrogen) atoms. The Kier molecular flexibility index (Phi) is 1.96. The Hall–Kier alpha value is -1.09. The highest BCUT2D eigenvalue weighted by molar-refractivity contribution is 7.22. The van der Waals surface area contributed by atoms with Crippen molar-refractivity contribution in [3.8, 4) is 0 Å². The number of fused-ring (bicyclic) bond motifs is 1. The van der Waals surface area contributed by atoms with E-state index in [1.54, 1.807) is 11.3 Å². The summed E-state index contributed by atoms with van der Waals surface area (Å²) in [4.78, 5) is 6.54. The van der Waals surface area contributed by atoms with Crippen LogP contribution in [0.15, 0.2) is 18.2 Å². The Labute approximate surface area is 81.8 Å². The minimum Gasteiger partial charge on any atom is -0.354 e. The highest BCUT2D eigenvalue weighted by atomic mass is 32.1. The number of anilines is 1. The lowest BCUT2D eigenvalue weighted by atomic mass is 10.2. The van der Waals surface area contributed by atoms with Crippen molar-refractivity contribution in [2.24, 2.45) is 0 Å². The molecule has 0 saturated carbocycles. The third-order valence-electron chi connectivity index (χ3n) is 1.92. The molecular weight excluding hydrogens is 180 g/mol. The molecule has 0 bridgehead atoms. The smallest absolute Gasteiger partial charge is 0.185 e. The molecule has 3 heteroatoms. The predicted octanol–water partition coefficient (Wildman–Crippen LogP) is 2.67. The summed E-state index contributed by atoms with van der Waals surface area (Å²) < 4.78 is 1.27. The quantitative estimate of drug-likeness (QED) is 0.690. The highest BCUT2D eigenvalue weighted by Gasteiger charge is 2.04. The highest BCUT2D eigenvalue weighted by Crippen LogP contribution is 2.27. The first-order valence-corrected chi connectivity index (χ1v) is 5.03. The third kappa shape index (κ3) is 1.52. The van der Waals surface area contributed by atoms with E-state index in [0.717, 1.165) is 10.6 Å². The summed E-state index contributed by atoms with van der Waals surface area (Å²) in [5.41, 5.74) is 2.39. The minimum absolute atomic E-state index is 1.07. The van der Waals surface area contributed by atoms with Crippen LogP contribution in [-0.4, -0.2) is 19.1 Å². The molecule has 0 fully saturated rings. The number of nitrogens with zero attached hydrogens (tertiary/aromatic N) is 2. The van der Waals surface area contributed by atoms with Crippen LogP contribution >= 0.6 is 11.3 Å². The van der Waals surface area contributed by atoms with Gasteiger partial charge in [-0.1, -0.05) is 17.4 Å². The average Bonchev–Trinajstić information content (AvgIpc) is 2.46. The van der Waals surface area contributed by atoms with Gasteiger partial charge in [0.2, 0.25) is 0 Å². The molecule has 0 amide bonds. The summed E-state index contributed by atoms with van der Waals surface area (Å²) in [5.74, 6) is 0. The molecule has 68 valence electrons. The molecule has 0 radical (unpaired) electrons. The van der Waals surface area contributed by atoms with Gasteiger partial charge < -0.3 is 4.90 Å². The van der Waals surface area contributed by atoms with Gasteiger partial charge in [0.1, 0.15) is 0 Å². The van der Waals surface area contributed by atoms with E-state index >= 15 is 0 Å². The topological polar surface area (TPSA) is 16.1 Å². The number of aromatic nitrogens is 1. The van der Waals surface area contributed by atoms with Crippen LogP contribution in [0.2, 0.25) is 0 Å². The van der Waals surface area contributed by atoms with Gasteiger partial charge in [0.25, 0.3) is 0 Å². The second-order valence-corrected chi connectivity index (χ2v) is 4.37. The zero-order chi connectivity index (χ0) is 9.42. The molecule has 0 atom stereocenters. The van der Waals surface area contributed by atoms with Crippen molar-refractivity contribution in [3.63, 3.8) is 0 Å². The lowest BCUT2D eigenvalue weighted by Gasteiger charge is -2.04. The number of hydrogen-bond acceptors (Lipinski definition) is 3. The Bertz CT molecular complexity index is 431. The summed E-state index contributed by atoms with van der Waals surface area (Å²) in [6.45, 7) is 2.11. The Morgan fingerprint density at radius 2 is 2.08 bits per heavy atom. The number of benzene rings is 1. The van der Waals surface area contributed by atoms with Gasteiger partial charge in [0, 0.05) is 14.1 Å². The van der Waals surface area contributed by atoms with Crippen LogP contribution in [0, 0.1) is 6.92 Å². The van der Waals surface area contributed by atoms with Crippen molar-refractivity contribution < 1.29 is 0 Å². The maximum atomic E-state index is 4.50. The van der Waals surface area contributed by atoms with Gasteiger partial charge in [0.05, 0.1) is 10.2 Å². The van der Waals surface area contributed by atoms with Crippen LogP contribution in [0.3, 0.4) is 0 Å². The first-order chi connectivity index (χ1) is 6.16. The molecule has 0 N–H and O–H groups in total. The molecule has 2 rings (SSSR count). The molecule has 0 aliphatic rings. The number of rotatable bonds is 1. The van der Waals surface area contributed by atoms with Crippen molar-refractivity contribution >= 4 is 26.7 Å². The van der Waals surface area contributed by atoms with E-state index in [1.165, 1.54) is 10.3 Å². The van der Waals surface area contributed by atoms with Gasteiger partial charge in [-0.3, -0.25) is 0 Å². The van der Waals surface area contributed by atoms with Crippen molar-refractivity contribution in [2.45, 2.75) is 6.92 Å². The second kappa shape index (κ2) is 3.00. The molecule has 0 unspecified atom stereocenters. The van der Waals surface area contributed by atoms with Crippen molar-refractivity contribution in [1.29, 1.82) is 0 Å². The zero-order valence-electron chi connectivity index (χ0n) is 8.03. The number of hydrogen-bond donors (Lipinski definition) is 0. The van der Waals surface area contributed by atoms with Crippen molar-refractivity contribution in [1.82, 2.24) is 4.98 Å². The summed E-state index contributed by atoms with van der Waals surface area (Å²) in [5, 5.41) is 1.07. The predicted molar refractivity (Wildman–Crippen MR) is 58.7 cm³/mol. The molecule has 0 saturated heterocycles. The minimum atomic E-state index is 1.07. The Morgan fingerprint density at radius 3 is 2.77 bits per heavy atom. The maximum absolute atomic E-state index is 4.50. The summed E-state index contributed by atoms with van der Waals surface area (Å²) in [6.07, 6.45) is 0. The van der Waals surface area contributed by atoms with Gasteiger partial charge in [0.15, 0.2) is 5.13 Å². The molecule has 1 heterocycles. The van der Waals surface area contributed by atoms with Crippen molar-refractivity contribution in [3.05, 3.63) is 23.8 Å². The molecule has 0 aliphatic heterocycles. The zero-order valence-corrected chi connectivity index (χ0v) is 8.85. The van der Waals surface area contributed by atoms with Gasteiger partial charge in [-0.2, -0.15) is 0 Å². The molecule has 2 aromatic rings. The van der Waals surface area contributed by atoms with Crippen molar-refractivity contribution in [2.75, 3.05) is 19.0 Å². The lowest BCUT2D eigenvalue weighted by Crippen LogP contribution is -2.07. The van der Waals surface area contributed by atoms with Crippen LogP contribution < -0.4 is 4.90 Å². The monoisotopic (exact) mass is 192 g/mol. The van der Waals surface area contributed by atoms with Crippen LogP contribution in [0.1, 0.15) is 5.56 Å². The molecule has 0 aliphatic carbocycles. The maximum Gasteiger partial charge on any atom is 0.185 e. The van der Waals surface area contributed by atoms with E-state index in [4.69, 9.17) is 0 Å². The second-order valence-electron chi connectivity index (χ2n) is 3.36. The molecule has 1 aromatic heterocycles. The first kappa shape index (κ1) is 8.51. The lowest BCUT2D eigenvalue weighted by molar-refractivity contribution is 1.11. The molecule has 2 nitrogen and oxygen atoms in total. The van der Waals surface area contributed by atoms with Crippen LogP contribution in [0.4, 0.5) is 5.13 Å². The number of thiazole rings is 1. The van der Waals surface area contributed by atoms with Gasteiger partial charge in [-0.15, -0.1) is 0 Å². The SMILES string of the molecule is Cc1ccc2nc(N(C)C)sc2c1. The summed E-state index contributed by atoms with van der Waals surface area (Å²) >= 11 is 1.73. The fraction of sp³-hybridized carbons (Fsp3) is 0.300. The van der Waals surface area contributed by atoms with E-state index < -0.39 is 0 Å². The van der Waals surface area contributed by atoms with Gasteiger partial charge in [-0.25, -0.2) is 4.98 Å². The molecule has 1 aromatic carbocycles. The largest absolute Gasteiger partial charge is 0.354 e. The van der Waals surface area contributed by atoms with Crippen LogP contribution in [-0.2, 0) is 0 Å². The van der Waals surface area contributed by atoms with Gasteiger partial charge in [-0.05, 0) is 24.6 Å². The van der Waals surface area contributed by atoms with Crippen LogP contribution in [0.5, 0.6) is 0 Å². The van der Waals surface area contributed by atoms with E-state index in [0.29, 0.717) is 0 Å². The number of aryl methyl sites for hydroxylation is 1. The third-order valence-corrected chi connectivity index (χ3v) is 3.10. The normalized spacial score (nSPS) is 10.7. The molecular formula is C10H12N2S. The fourth-order valence-corrected chi connectivity index (χ4v) is 2.20. The van der Waals surface area contributed by atoms with Crippen LogP contribution in [0.25, 0.3) is 10.2 Å². The standard InChI is InChI=1S/C10H12N2S/c1-7-4-5-8-9(6-7)13-10(11-8)12(2)3/h4-6H,1-3H3. The van der Waals surface area contributed by atoms with E-state index in [9.17, 15) is 0 Å². The molecule has 0 spiro atoms. The fourth-order valence-electron chi connectivity index (χ4n) is 1.21. The summed E-state index contributed by atoms with van der Waals surface area (Å²) in [6, 6.07) is 6.36. The average molecular weight is 192 g/mol. The van der Waals surface area contributed by atoms with E-state index in [2.05, 4.69) is 30.1 Å².